The lowest BCUT2D eigenvalue weighted by Gasteiger charge is -2.12. The summed E-state index contributed by atoms with van der Waals surface area (Å²) in [5.74, 6) is 1.30. The Hall–Kier alpha value is -2.99. The van der Waals surface area contributed by atoms with Crippen molar-refractivity contribution in [3.05, 3.63) is 53.2 Å². The maximum Gasteiger partial charge on any atom is 0.274 e. The third-order valence-corrected chi connectivity index (χ3v) is 4.14. The molecule has 7 heteroatoms. The fourth-order valence-electron chi connectivity index (χ4n) is 2.67. The highest BCUT2D eigenvalue weighted by Crippen LogP contribution is 2.31. The number of nitrogens with zero attached hydrogens (tertiary/aromatic N) is 1. The molecular formula is C20H19ClN2O4. The summed E-state index contributed by atoms with van der Waals surface area (Å²) in [7, 11) is 3.09. The minimum atomic E-state index is -0.361. The Labute approximate surface area is 162 Å². The first-order valence-electron chi connectivity index (χ1n) is 8.32. The molecule has 0 unspecified atom stereocenters. The first-order valence-corrected chi connectivity index (χ1v) is 8.70. The summed E-state index contributed by atoms with van der Waals surface area (Å²) in [6.07, 6.45) is 0. The third-order valence-electron chi connectivity index (χ3n) is 3.91. The highest BCUT2D eigenvalue weighted by atomic mass is 35.5. The van der Waals surface area contributed by atoms with Crippen LogP contribution < -0.4 is 19.5 Å². The predicted octanol–water partition coefficient (Wildman–Crippen LogP) is 4.56. The summed E-state index contributed by atoms with van der Waals surface area (Å²) in [6, 6.07) is 12.0. The molecule has 3 aromatic rings. The molecule has 0 radical (unpaired) electrons. The lowest BCUT2D eigenvalue weighted by molar-refractivity contribution is 0.102. The number of halogens is 1. The van der Waals surface area contributed by atoms with E-state index in [0.29, 0.717) is 40.1 Å². The number of nitrogens with one attached hydrogen (secondary N) is 1. The smallest absolute Gasteiger partial charge is 0.274 e. The fraction of sp³-hybridized carbons (Fsp3) is 0.200. The molecule has 140 valence electrons. The van der Waals surface area contributed by atoms with Crippen molar-refractivity contribution in [1.29, 1.82) is 0 Å². The van der Waals surface area contributed by atoms with Gasteiger partial charge in [-0.1, -0.05) is 11.6 Å². The molecule has 1 aromatic heterocycles. The second-order valence-electron chi connectivity index (χ2n) is 5.62. The highest BCUT2D eigenvalue weighted by molar-refractivity contribution is 6.31. The number of anilines is 1. The van der Waals surface area contributed by atoms with Gasteiger partial charge >= 0.3 is 0 Å². The zero-order valence-electron chi connectivity index (χ0n) is 15.2. The van der Waals surface area contributed by atoms with Crippen molar-refractivity contribution in [2.75, 3.05) is 26.1 Å². The van der Waals surface area contributed by atoms with Crippen molar-refractivity contribution >= 4 is 34.1 Å². The van der Waals surface area contributed by atoms with Crippen LogP contribution in [0.4, 0.5) is 5.69 Å². The molecule has 6 nitrogen and oxygen atoms in total. The summed E-state index contributed by atoms with van der Waals surface area (Å²) in [4.78, 5) is 17.1. The van der Waals surface area contributed by atoms with Crippen LogP contribution in [0.25, 0.3) is 10.9 Å². The van der Waals surface area contributed by atoms with E-state index in [9.17, 15) is 4.79 Å². The maximum absolute atomic E-state index is 12.7. The van der Waals surface area contributed by atoms with Crippen molar-refractivity contribution in [2.45, 2.75) is 6.92 Å². The molecule has 3 rings (SSSR count). The van der Waals surface area contributed by atoms with Crippen LogP contribution in [-0.4, -0.2) is 31.7 Å². The van der Waals surface area contributed by atoms with Crippen molar-refractivity contribution in [3.63, 3.8) is 0 Å². The molecular weight excluding hydrogens is 368 g/mol. The predicted molar refractivity (Wildman–Crippen MR) is 105 cm³/mol. The number of aromatic nitrogens is 1. The number of hydrogen-bond donors (Lipinski definition) is 1. The van der Waals surface area contributed by atoms with Gasteiger partial charge in [0.15, 0.2) is 11.5 Å². The van der Waals surface area contributed by atoms with E-state index < -0.39 is 0 Å². The summed E-state index contributed by atoms with van der Waals surface area (Å²) in [5, 5.41) is 4.14. The van der Waals surface area contributed by atoms with Crippen LogP contribution in [-0.2, 0) is 0 Å². The van der Waals surface area contributed by atoms with Crippen LogP contribution in [0.2, 0.25) is 5.02 Å². The average molecular weight is 387 g/mol. The zero-order valence-corrected chi connectivity index (χ0v) is 16.0. The molecule has 0 aliphatic heterocycles. The van der Waals surface area contributed by atoms with Gasteiger partial charge in [0.2, 0.25) is 0 Å². The first-order chi connectivity index (χ1) is 13.0. The van der Waals surface area contributed by atoms with Gasteiger partial charge in [-0.2, -0.15) is 0 Å². The van der Waals surface area contributed by atoms with E-state index in [-0.39, 0.29) is 11.6 Å². The third kappa shape index (κ3) is 4.06. The number of pyridine rings is 1. The number of carbonyl (C=O) groups excluding carboxylic acids is 1. The molecule has 0 aliphatic carbocycles. The summed E-state index contributed by atoms with van der Waals surface area (Å²) in [5.41, 5.74) is 1.43. The monoisotopic (exact) mass is 386 g/mol. The number of rotatable bonds is 6. The number of hydrogen-bond acceptors (Lipinski definition) is 5. The minimum absolute atomic E-state index is 0.239. The molecule has 0 atom stereocenters. The topological polar surface area (TPSA) is 69.7 Å². The second-order valence-corrected chi connectivity index (χ2v) is 6.06. The van der Waals surface area contributed by atoms with E-state index in [1.54, 1.807) is 49.6 Å². The van der Waals surface area contributed by atoms with Crippen LogP contribution >= 0.6 is 11.6 Å². The molecule has 0 fully saturated rings. The van der Waals surface area contributed by atoms with Gasteiger partial charge in [-0.15, -0.1) is 0 Å². The summed E-state index contributed by atoms with van der Waals surface area (Å²) >= 11 is 6.07. The van der Waals surface area contributed by atoms with Crippen molar-refractivity contribution in [1.82, 2.24) is 4.98 Å². The highest BCUT2D eigenvalue weighted by Gasteiger charge is 2.15. The Kier molecular flexibility index (Phi) is 5.66. The van der Waals surface area contributed by atoms with Gasteiger partial charge < -0.3 is 19.5 Å². The number of amides is 1. The maximum atomic E-state index is 12.7. The number of carbonyl (C=O) groups is 1. The molecule has 0 spiro atoms. The van der Waals surface area contributed by atoms with Gasteiger partial charge in [0.1, 0.15) is 11.4 Å². The Morgan fingerprint density at radius 2 is 1.81 bits per heavy atom. The van der Waals surface area contributed by atoms with E-state index in [1.165, 1.54) is 7.11 Å². The molecule has 1 heterocycles. The van der Waals surface area contributed by atoms with Crippen LogP contribution in [0, 0.1) is 0 Å². The van der Waals surface area contributed by atoms with Crippen LogP contribution in [0.1, 0.15) is 17.4 Å². The SMILES string of the molecule is CCOc1cc(C(=O)Nc2ccc(OC)c(OC)c2)nc2ccc(Cl)cc12. The summed E-state index contributed by atoms with van der Waals surface area (Å²) in [6.45, 7) is 2.34. The largest absolute Gasteiger partial charge is 0.493 e. The summed E-state index contributed by atoms with van der Waals surface area (Å²) < 4.78 is 16.1. The Balaban J connectivity index is 1.95. The van der Waals surface area contributed by atoms with Crippen molar-refractivity contribution in [3.8, 4) is 17.2 Å². The zero-order chi connectivity index (χ0) is 19.4. The number of ether oxygens (including phenoxy) is 3. The number of methoxy groups -OCH3 is 2. The number of benzene rings is 2. The first kappa shape index (κ1) is 18.8. The molecule has 0 bridgehead atoms. The molecule has 2 aromatic carbocycles. The quantitative estimate of drug-likeness (QED) is 0.672. The second kappa shape index (κ2) is 8.14. The van der Waals surface area contributed by atoms with Crippen LogP contribution in [0.15, 0.2) is 42.5 Å². The molecule has 0 aliphatic rings. The lowest BCUT2D eigenvalue weighted by atomic mass is 10.1. The van der Waals surface area contributed by atoms with Crippen molar-refractivity contribution < 1.29 is 19.0 Å². The Morgan fingerprint density at radius 3 is 2.52 bits per heavy atom. The Morgan fingerprint density at radius 1 is 1.04 bits per heavy atom. The van der Waals surface area contributed by atoms with E-state index >= 15 is 0 Å². The molecule has 1 amide bonds. The van der Waals surface area contributed by atoms with E-state index in [4.69, 9.17) is 25.8 Å². The van der Waals surface area contributed by atoms with Crippen molar-refractivity contribution in [2.24, 2.45) is 0 Å². The van der Waals surface area contributed by atoms with Gasteiger partial charge in [-0.25, -0.2) is 4.98 Å². The lowest BCUT2D eigenvalue weighted by Crippen LogP contribution is -2.14. The van der Waals surface area contributed by atoms with Gasteiger partial charge in [0.05, 0.1) is 26.3 Å². The van der Waals surface area contributed by atoms with E-state index in [1.807, 2.05) is 6.92 Å². The standard InChI is InChI=1S/C20H19ClN2O4/c1-4-27-18-11-16(23-15-7-5-12(21)9-14(15)18)20(24)22-13-6-8-17(25-2)19(10-13)26-3/h5-11H,4H2,1-3H3,(H,22,24). The molecule has 27 heavy (non-hydrogen) atoms. The van der Waals surface area contributed by atoms with Gasteiger partial charge in [0.25, 0.3) is 5.91 Å². The fourth-order valence-corrected chi connectivity index (χ4v) is 2.84. The van der Waals surface area contributed by atoms with E-state index in [0.717, 1.165) is 5.39 Å². The minimum Gasteiger partial charge on any atom is -0.493 e. The molecule has 0 saturated heterocycles. The van der Waals surface area contributed by atoms with Crippen LogP contribution in [0.5, 0.6) is 17.2 Å². The van der Waals surface area contributed by atoms with Gasteiger partial charge in [-0.05, 0) is 37.3 Å². The average Bonchev–Trinajstić information content (AvgIpc) is 2.68. The Bertz CT molecular complexity index is 991. The van der Waals surface area contributed by atoms with Gasteiger partial charge in [-0.3, -0.25) is 4.79 Å². The number of fused-ring (bicyclic) bond motifs is 1. The van der Waals surface area contributed by atoms with E-state index in [2.05, 4.69) is 10.3 Å². The molecule has 0 saturated carbocycles. The van der Waals surface area contributed by atoms with Crippen LogP contribution in [0.3, 0.4) is 0 Å². The normalized spacial score (nSPS) is 10.5. The van der Waals surface area contributed by atoms with Gasteiger partial charge in [0, 0.05) is 28.2 Å². The molecule has 1 N–H and O–H groups in total.